The fraction of sp³-hybridized carbons (Fsp3) is 0.529. The third-order valence-electron chi connectivity index (χ3n) is 5.59. The molecule has 3 N–H and O–H groups in total. The summed E-state index contributed by atoms with van der Waals surface area (Å²) in [6.07, 6.45) is 0. The number of amides is 1. The Bertz CT molecular complexity index is 747. The Labute approximate surface area is 148 Å². The first-order chi connectivity index (χ1) is 11.2. The van der Waals surface area contributed by atoms with Crippen LogP contribution in [0.5, 0.6) is 0 Å². The molecule has 0 unspecified atom stereocenters. The number of piperidine rings is 2. The van der Waals surface area contributed by atoms with Gasteiger partial charge in [0.2, 0.25) is 5.72 Å². The topological polar surface area (TPSA) is 81.7 Å². The van der Waals surface area contributed by atoms with E-state index in [0.29, 0.717) is 37.4 Å². The second kappa shape index (κ2) is 4.88. The summed E-state index contributed by atoms with van der Waals surface area (Å²) in [5.74, 6) is -0.246. The van der Waals surface area contributed by atoms with Crippen molar-refractivity contribution in [1.82, 2.24) is 10.2 Å². The number of carbonyl (C=O) groups is 2. The van der Waals surface area contributed by atoms with Crippen molar-refractivity contribution in [3.05, 3.63) is 28.2 Å². The molecule has 24 heavy (non-hydrogen) atoms. The highest BCUT2D eigenvalue weighted by Gasteiger charge is 2.60. The number of fused-ring (bicyclic) bond motifs is 3. The number of aliphatic hydroxyl groups is 1. The van der Waals surface area contributed by atoms with E-state index < -0.39 is 22.5 Å². The molecule has 0 saturated carbocycles. The van der Waals surface area contributed by atoms with E-state index >= 15 is 0 Å². The van der Waals surface area contributed by atoms with Gasteiger partial charge in [-0.1, -0.05) is 29.8 Å². The predicted octanol–water partition coefficient (Wildman–Crippen LogP) is 1.05. The Morgan fingerprint density at radius 1 is 1.17 bits per heavy atom. The number of nitrogens with one attached hydrogen (secondary N) is 2. The van der Waals surface area contributed by atoms with Gasteiger partial charge >= 0.3 is 0 Å². The molecular formula is C17H20BrN3O3. The Morgan fingerprint density at radius 2 is 1.79 bits per heavy atom. The number of nitrogens with zero attached hydrogens (tertiary/aromatic N) is 1. The van der Waals surface area contributed by atoms with E-state index in [2.05, 4.69) is 26.6 Å². The van der Waals surface area contributed by atoms with Crippen molar-refractivity contribution < 1.29 is 14.7 Å². The zero-order valence-electron chi connectivity index (χ0n) is 13.6. The van der Waals surface area contributed by atoms with Gasteiger partial charge in [0.15, 0.2) is 0 Å². The predicted molar refractivity (Wildman–Crippen MR) is 92.3 cm³/mol. The first-order valence-corrected chi connectivity index (χ1v) is 8.83. The van der Waals surface area contributed by atoms with Crippen LogP contribution in [0.2, 0.25) is 0 Å². The van der Waals surface area contributed by atoms with Gasteiger partial charge in [0.25, 0.3) is 5.91 Å². The highest BCUT2D eigenvalue weighted by atomic mass is 79.9. The molecule has 2 bridgehead atoms. The van der Waals surface area contributed by atoms with Crippen LogP contribution in [0.15, 0.2) is 22.7 Å². The largest absolute Gasteiger partial charge is 0.364 e. The number of hydrogen-bond acceptors (Lipinski definition) is 5. The fourth-order valence-corrected chi connectivity index (χ4v) is 4.81. The summed E-state index contributed by atoms with van der Waals surface area (Å²) < 4.78 is 0.795. The SMILES string of the molecule is C[C@]12CNC[C@](C)(CN([C@@]3(O)C(=O)Nc4ccc(Br)cc43)C1)C2=O. The van der Waals surface area contributed by atoms with Crippen molar-refractivity contribution in [2.45, 2.75) is 19.6 Å². The van der Waals surface area contributed by atoms with Gasteiger partial charge in [-0.05, 0) is 18.2 Å². The van der Waals surface area contributed by atoms with Crippen LogP contribution >= 0.6 is 15.9 Å². The monoisotopic (exact) mass is 393 g/mol. The minimum Gasteiger partial charge on any atom is -0.364 e. The Balaban J connectivity index is 1.81. The average Bonchev–Trinajstić information content (AvgIpc) is 2.75. The number of hydrogen-bond donors (Lipinski definition) is 3. The highest BCUT2D eigenvalue weighted by Crippen LogP contribution is 2.47. The number of Topliss-reactive ketones (excluding diaryl/α,β-unsaturated/α-hetero) is 1. The summed E-state index contributed by atoms with van der Waals surface area (Å²) in [5, 5.41) is 17.5. The molecule has 0 spiro atoms. The molecule has 3 heterocycles. The molecule has 1 amide bonds. The van der Waals surface area contributed by atoms with Crippen molar-refractivity contribution in [3.8, 4) is 0 Å². The minimum atomic E-state index is -1.75. The third kappa shape index (κ3) is 1.98. The summed E-state index contributed by atoms with van der Waals surface area (Å²) in [6, 6.07) is 5.37. The van der Waals surface area contributed by atoms with Gasteiger partial charge < -0.3 is 15.7 Å². The summed E-state index contributed by atoms with van der Waals surface area (Å²) in [6.45, 7) is 5.60. The van der Waals surface area contributed by atoms with Gasteiger partial charge in [0.05, 0.1) is 10.8 Å². The number of carbonyl (C=O) groups excluding carboxylic acids is 2. The lowest BCUT2D eigenvalue weighted by atomic mass is 9.64. The normalized spacial score (nSPS) is 38.8. The molecule has 3 aliphatic heterocycles. The van der Waals surface area contributed by atoms with Crippen LogP contribution in [0.3, 0.4) is 0 Å². The number of ketones is 1. The van der Waals surface area contributed by atoms with Crippen LogP contribution in [0.4, 0.5) is 5.69 Å². The molecule has 1 aromatic rings. The van der Waals surface area contributed by atoms with Crippen LogP contribution in [0.25, 0.3) is 0 Å². The first kappa shape index (κ1) is 16.2. The van der Waals surface area contributed by atoms with E-state index in [9.17, 15) is 14.7 Å². The Hall–Kier alpha value is -1.28. The minimum absolute atomic E-state index is 0.210. The third-order valence-corrected chi connectivity index (χ3v) is 6.08. The number of likely N-dealkylation sites (tertiary alicyclic amines) is 1. The lowest BCUT2D eigenvalue weighted by Gasteiger charge is -2.54. The lowest BCUT2D eigenvalue weighted by molar-refractivity contribution is -0.185. The molecule has 7 heteroatoms. The highest BCUT2D eigenvalue weighted by molar-refractivity contribution is 9.10. The summed E-state index contributed by atoms with van der Waals surface area (Å²) in [4.78, 5) is 27.3. The van der Waals surface area contributed by atoms with Gasteiger partial charge in [0.1, 0.15) is 5.78 Å². The van der Waals surface area contributed by atoms with E-state index in [4.69, 9.17) is 0 Å². The second-order valence-corrected chi connectivity index (χ2v) is 8.64. The molecule has 0 radical (unpaired) electrons. The van der Waals surface area contributed by atoms with Crippen molar-refractivity contribution in [2.24, 2.45) is 10.8 Å². The van der Waals surface area contributed by atoms with Gasteiger partial charge in [-0.3, -0.25) is 14.5 Å². The van der Waals surface area contributed by atoms with Crippen LogP contribution < -0.4 is 10.6 Å². The van der Waals surface area contributed by atoms with Crippen molar-refractivity contribution >= 4 is 33.3 Å². The Morgan fingerprint density at radius 3 is 2.42 bits per heavy atom. The van der Waals surface area contributed by atoms with Crippen molar-refractivity contribution in [2.75, 3.05) is 31.5 Å². The molecule has 6 nitrogen and oxygen atoms in total. The molecule has 3 atom stereocenters. The maximum absolute atomic E-state index is 12.8. The molecule has 2 fully saturated rings. The van der Waals surface area contributed by atoms with E-state index in [0.717, 1.165) is 4.47 Å². The molecule has 2 saturated heterocycles. The van der Waals surface area contributed by atoms with Crippen LogP contribution in [0, 0.1) is 10.8 Å². The van der Waals surface area contributed by atoms with Gasteiger partial charge in [-0.25, -0.2) is 0 Å². The van der Waals surface area contributed by atoms with Crippen molar-refractivity contribution in [3.63, 3.8) is 0 Å². The summed E-state index contributed by atoms with van der Waals surface area (Å²) in [7, 11) is 0. The molecule has 0 aliphatic carbocycles. The van der Waals surface area contributed by atoms with Gasteiger partial charge in [0, 0.05) is 41.9 Å². The zero-order valence-corrected chi connectivity index (χ0v) is 15.2. The summed E-state index contributed by atoms with van der Waals surface area (Å²) in [5.41, 5.74) is -1.83. The zero-order chi connectivity index (χ0) is 17.3. The maximum atomic E-state index is 12.8. The molecule has 3 aliphatic rings. The van der Waals surface area contributed by atoms with Crippen LogP contribution in [-0.4, -0.2) is 47.9 Å². The van der Waals surface area contributed by atoms with Crippen LogP contribution in [0.1, 0.15) is 19.4 Å². The fourth-order valence-electron chi connectivity index (χ4n) is 4.45. The lowest BCUT2D eigenvalue weighted by Crippen LogP contribution is -2.71. The average molecular weight is 394 g/mol. The summed E-state index contributed by atoms with van der Waals surface area (Å²) >= 11 is 3.41. The number of halogens is 1. The number of rotatable bonds is 1. The van der Waals surface area contributed by atoms with E-state index in [1.54, 1.807) is 17.0 Å². The van der Waals surface area contributed by atoms with E-state index in [-0.39, 0.29) is 5.78 Å². The van der Waals surface area contributed by atoms with E-state index in [1.807, 2.05) is 19.9 Å². The van der Waals surface area contributed by atoms with E-state index in [1.165, 1.54) is 0 Å². The first-order valence-electron chi connectivity index (χ1n) is 8.04. The molecule has 0 aromatic heterocycles. The molecule has 4 rings (SSSR count). The van der Waals surface area contributed by atoms with Crippen LogP contribution in [-0.2, 0) is 15.3 Å². The standard InChI is InChI=1S/C17H20BrN3O3/c1-15-6-19-7-16(2,13(15)22)9-21(8-15)17(24)11-5-10(18)3-4-12(11)20-14(17)23/h3-5,19,24H,6-9H2,1-2H3,(H,20,23)/t15-,16+,17-/m0/s1. The molecular weight excluding hydrogens is 374 g/mol. The second-order valence-electron chi connectivity index (χ2n) is 7.73. The van der Waals surface area contributed by atoms with Gasteiger partial charge in [-0.2, -0.15) is 0 Å². The smallest absolute Gasteiger partial charge is 0.276 e. The maximum Gasteiger partial charge on any atom is 0.276 e. The number of anilines is 1. The van der Waals surface area contributed by atoms with Gasteiger partial charge in [-0.15, -0.1) is 0 Å². The van der Waals surface area contributed by atoms with Crippen molar-refractivity contribution in [1.29, 1.82) is 0 Å². The molecule has 128 valence electrons. The number of benzene rings is 1. The Kier molecular flexibility index (Phi) is 3.29. The molecule has 1 aromatic carbocycles. The quantitative estimate of drug-likeness (QED) is 0.664.